The quantitative estimate of drug-likeness (QED) is 0.512. The van der Waals surface area contributed by atoms with E-state index >= 15 is 0 Å². The Hall–Kier alpha value is 0. The van der Waals surface area contributed by atoms with Crippen LogP contribution >= 0.6 is 0 Å². The van der Waals surface area contributed by atoms with Gasteiger partial charge in [-0.1, -0.05) is 72.6 Å². The summed E-state index contributed by atoms with van der Waals surface area (Å²) in [4.78, 5) is 0. The van der Waals surface area contributed by atoms with Gasteiger partial charge in [0.1, 0.15) is 0 Å². The first kappa shape index (κ1) is 14.1. The Kier molecular flexibility index (Phi) is 5.86. The molecule has 0 nitrogen and oxygen atoms in total. The molecule has 0 bridgehead atoms. The number of rotatable bonds is 7. The summed E-state index contributed by atoms with van der Waals surface area (Å²) in [6.07, 6.45) is 13.1. The highest BCUT2D eigenvalue weighted by Gasteiger charge is 2.26. The molecule has 1 saturated carbocycles. The van der Waals surface area contributed by atoms with E-state index < -0.39 is 0 Å². The molecule has 0 heteroatoms. The van der Waals surface area contributed by atoms with Crippen LogP contribution in [0, 0.1) is 17.3 Å². The van der Waals surface area contributed by atoms with Gasteiger partial charge in [-0.3, -0.25) is 0 Å². The van der Waals surface area contributed by atoms with Gasteiger partial charge in [0.05, 0.1) is 0 Å². The third kappa shape index (κ3) is 4.47. The van der Waals surface area contributed by atoms with Gasteiger partial charge in [0.25, 0.3) is 0 Å². The van der Waals surface area contributed by atoms with Gasteiger partial charge in [-0.05, 0) is 30.1 Å². The van der Waals surface area contributed by atoms with Crippen LogP contribution in [0.15, 0.2) is 0 Å². The average molecular weight is 224 g/mol. The summed E-state index contributed by atoms with van der Waals surface area (Å²) in [5.41, 5.74) is 0.564. The lowest BCUT2D eigenvalue weighted by molar-refractivity contribution is 0.184. The molecule has 0 aromatic carbocycles. The van der Waals surface area contributed by atoms with Gasteiger partial charge in [0, 0.05) is 0 Å². The Morgan fingerprint density at radius 3 is 2.38 bits per heavy atom. The fourth-order valence-electron chi connectivity index (χ4n) is 3.05. The smallest absolute Gasteiger partial charge is 0.0329 e. The highest BCUT2D eigenvalue weighted by Crippen LogP contribution is 2.38. The minimum Gasteiger partial charge on any atom is -0.0654 e. The van der Waals surface area contributed by atoms with E-state index in [0.29, 0.717) is 5.41 Å². The zero-order chi connectivity index (χ0) is 12.0. The molecule has 0 heterocycles. The lowest BCUT2D eigenvalue weighted by atomic mass is 9.73. The van der Waals surface area contributed by atoms with Crippen molar-refractivity contribution >= 4 is 0 Å². The Balaban J connectivity index is 2.23. The van der Waals surface area contributed by atoms with Gasteiger partial charge in [0.15, 0.2) is 0 Å². The van der Waals surface area contributed by atoms with Crippen LogP contribution in [0.2, 0.25) is 0 Å². The second kappa shape index (κ2) is 6.67. The summed E-state index contributed by atoms with van der Waals surface area (Å²) in [6.45, 7) is 9.73. The van der Waals surface area contributed by atoms with Crippen LogP contribution in [0.5, 0.6) is 0 Å². The van der Waals surface area contributed by atoms with E-state index in [1.807, 2.05) is 0 Å². The van der Waals surface area contributed by atoms with E-state index in [9.17, 15) is 0 Å². The van der Waals surface area contributed by atoms with Crippen molar-refractivity contribution in [3.8, 4) is 0 Å². The van der Waals surface area contributed by atoms with Gasteiger partial charge in [-0.15, -0.1) is 0 Å². The van der Waals surface area contributed by atoms with Crippen molar-refractivity contribution in [2.75, 3.05) is 0 Å². The van der Waals surface area contributed by atoms with E-state index in [0.717, 1.165) is 11.8 Å². The van der Waals surface area contributed by atoms with Crippen molar-refractivity contribution < 1.29 is 0 Å². The first-order chi connectivity index (χ1) is 7.56. The molecule has 1 atom stereocenters. The maximum Gasteiger partial charge on any atom is -0.0329 e. The predicted molar refractivity (Wildman–Crippen MR) is 73.7 cm³/mol. The van der Waals surface area contributed by atoms with Crippen LogP contribution in [0.1, 0.15) is 85.5 Å². The lowest BCUT2D eigenvalue weighted by Gasteiger charge is -2.32. The molecule has 1 aliphatic carbocycles. The Labute approximate surface area is 103 Å². The summed E-state index contributed by atoms with van der Waals surface area (Å²) >= 11 is 0. The lowest BCUT2D eigenvalue weighted by Crippen LogP contribution is -2.22. The highest BCUT2D eigenvalue weighted by atomic mass is 14.3. The number of hydrogen-bond acceptors (Lipinski definition) is 0. The van der Waals surface area contributed by atoms with E-state index in [1.54, 1.807) is 0 Å². The van der Waals surface area contributed by atoms with Crippen molar-refractivity contribution in [2.45, 2.75) is 85.5 Å². The molecule has 0 aromatic heterocycles. The zero-order valence-electron chi connectivity index (χ0n) is 12.0. The van der Waals surface area contributed by atoms with Crippen LogP contribution in [0.4, 0.5) is 0 Å². The molecule has 0 N–H and O–H groups in total. The standard InChI is InChI=1S/C16H32/c1-5-6-13-16(3,4)14(2)11-12-15-9-7-8-10-15/h14-15H,5-13H2,1-4H3. The molecule has 0 spiro atoms. The molecule has 0 amide bonds. The largest absolute Gasteiger partial charge is 0.0654 e. The van der Waals surface area contributed by atoms with Crippen molar-refractivity contribution in [2.24, 2.45) is 17.3 Å². The van der Waals surface area contributed by atoms with Gasteiger partial charge < -0.3 is 0 Å². The highest BCUT2D eigenvalue weighted by molar-refractivity contribution is 4.77. The second-order valence-electron chi connectivity index (χ2n) is 6.72. The fourth-order valence-corrected chi connectivity index (χ4v) is 3.05. The average Bonchev–Trinajstić information content (AvgIpc) is 2.75. The van der Waals surface area contributed by atoms with E-state index in [1.165, 1.54) is 57.8 Å². The van der Waals surface area contributed by atoms with Crippen molar-refractivity contribution in [3.05, 3.63) is 0 Å². The van der Waals surface area contributed by atoms with Gasteiger partial charge in [0.2, 0.25) is 0 Å². The summed E-state index contributed by atoms with van der Waals surface area (Å²) in [7, 11) is 0. The fraction of sp³-hybridized carbons (Fsp3) is 1.00. The molecule has 0 radical (unpaired) electrons. The molecular formula is C16H32. The molecule has 96 valence electrons. The molecule has 0 aromatic rings. The minimum atomic E-state index is 0.564. The predicted octanol–water partition coefficient (Wildman–Crippen LogP) is 5.81. The topological polar surface area (TPSA) is 0 Å². The van der Waals surface area contributed by atoms with Crippen LogP contribution in [-0.4, -0.2) is 0 Å². The molecule has 0 aliphatic heterocycles. The van der Waals surface area contributed by atoms with E-state index in [4.69, 9.17) is 0 Å². The molecule has 1 unspecified atom stereocenters. The van der Waals surface area contributed by atoms with Crippen molar-refractivity contribution in [1.82, 2.24) is 0 Å². The molecule has 1 rings (SSSR count). The van der Waals surface area contributed by atoms with E-state index in [2.05, 4.69) is 27.7 Å². The molecular weight excluding hydrogens is 192 g/mol. The zero-order valence-corrected chi connectivity index (χ0v) is 12.0. The maximum absolute atomic E-state index is 2.48. The van der Waals surface area contributed by atoms with Gasteiger partial charge in [-0.25, -0.2) is 0 Å². The van der Waals surface area contributed by atoms with Gasteiger partial charge >= 0.3 is 0 Å². The minimum absolute atomic E-state index is 0.564. The first-order valence-electron chi connectivity index (χ1n) is 7.56. The SMILES string of the molecule is CCCCC(C)(C)C(C)CCC1CCCC1. The molecule has 0 saturated heterocycles. The van der Waals surface area contributed by atoms with Crippen LogP contribution < -0.4 is 0 Å². The van der Waals surface area contributed by atoms with Crippen LogP contribution in [-0.2, 0) is 0 Å². The number of unbranched alkanes of at least 4 members (excludes halogenated alkanes) is 1. The monoisotopic (exact) mass is 224 g/mol. The van der Waals surface area contributed by atoms with Crippen molar-refractivity contribution in [3.63, 3.8) is 0 Å². The number of hydrogen-bond donors (Lipinski definition) is 0. The van der Waals surface area contributed by atoms with Crippen LogP contribution in [0.3, 0.4) is 0 Å². The Bertz CT molecular complexity index is 174. The first-order valence-corrected chi connectivity index (χ1v) is 7.56. The van der Waals surface area contributed by atoms with E-state index in [-0.39, 0.29) is 0 Å². The maximum atomic E-state index is 2.48. The summed E-state index contributed by atoms with van der Waals surface area (Å²) in [5, 5.41) is 0. The third-order valence-electron chi connectivity index (χ3n) is 4.99. The van der Waals surface area contributed by atoms with Crippen LogP contribution in [0.25, 0.3) is 0 Å². The normalized spacial score (nSPS) is 20.2. The Morgan fingerprint density at radius 2 is 1.81 bits per heavy atom. The molecule has 1 fully saturated rings. The summed E-state index contributed by atoms with van der Waals surface area (Å²) in [5.74, 6) is 1.98. The third-order valence-corrected chi connectivity index (χ3v) is 4.99. The second-order valence-corrected chi connectivity index (χ2v) is 6.72. The summed E-state index contributed by atoms with van der Waals surface area (Å²) < 4.78 is 0. The van der Waals surface area contributed by atoms with Crippen molar-refractivity contribution in [1.29, 1.82) is 0 Å². The van der Waals surface area contributed by atoms with Gasteiger partial charge in [-0.2, -0.15) is 0 Å². The Morgan fingerprint density at radius 1 is 1.19 bits per heavy atom. The molecule has 1 aliphatic rings. The molecule has 16 heavy (non-hydrogen) atoms. The summed E-state index contributed by atoms with van der Waals surface area (Å²) in [6, 6.07) is 0.